The van der Waals surface area contributed by atoms with Crippen LogP contribution in [0.25, 0.3) is 0 Å². The Labute approximate surface area is 110 Å². The molecule has 14 heavy (non-hydrogen) atoms. The summed E-state index contributed by atoms with van der Waals surface area (Å²) in [6, 6.07) is 2.12. The van der Waals surface area contributed by atoms with E-state index in [9.17, 15) is 5.11 Å². The van der Waals surface area contributed by atoms with Crippen LogP contribution in [0.5, 0.6) is 5.75 Å². The summed E-state index contributed by atoms with van der Waals surface area (Å²) in [6.07, 6.45) is 2.23. The maximum absolute atomic E-state index is 9.87. The van der Waals surface area contributed by atoms with Gasteiger partial charge in [0.1, 0.15) is 9.39 Å². The zero-order valence-corrected chi connectivity index (χ0v) is 11.7. The van der Waals surface area contributed by atoms with Gasteiger partial charge in [-0.3, -0.25) is 0 Å². The van der Waals surface area contributed by atoms with E-state index in [0.29, 0.717) is 5.75 Å². The van der Waals surface area contributed by atoms with Crippen LogP contribution < -0.4 is 5.32 Å². The van der Waals surface area contributed by atoms with E-state index in [-0.39, 0.29) is 6.04 Å². The van der Waals surface area contributed by atoms with Gasteiger partial charge in [0.05, 0.1) is 9.61 Å². The van der Waals surface area contributed by atoms with Crippen LogP contribution in [0.3, 0.4) is 0 Å². The van der Waals surface area contributed by atoms with E-state index in [4.69, 9.17) is 0 Å². The highest BCUT2D eigenvalue weighted by molar-refractivity contribution is 14.1. The summed E-state index contributed by atoms with van der Waals surface area (Å²) in [5.74, 6) is 0.338. The average molecular weight is 416 g/mol. The number of hydrogen-bond acceptors (Lipinski definition) is 3. The Morgan fingerprint density at radius 3 is 2.93 bits per heavy atom. The van der Waals surface area contributed by atoms with Gasteiger partial charge in [-0.25, -0.2) is 4.98 Å². The second-order valence-corrected chi connectivity index (χ2v) is 5.58. The minimum absolute atomic E-state index is 0.234. The van der Waals surface area contributed by atoms with Gasteiger partial charge in [-0.05, 0) is 70.6 Å². The molecule has 0 aliphatic carbocycles. The van der Waals surface area contributed by atoms with Gasteiger partial charge in [0.25, 0.3) is 0 Å². The molecule has 0 bridgehead atoms. The lowest BCUT2D eigenvalue weighted by Crippen LogP contribution is -2.15. The molecule has 3 nitrogen and oxygen atoms in total. The molecule has 2 N–H and O–H groups in total. The Hall–Kier alpha value is 0.370. The molecule has 0 saturated carbocycles. The first-order valence-corrected chi connectivity index (χ1v) is 6.62. The first-order valence-electron chi connectivity index (χ1n) is 4.47. The second-order valence-electron chi connectivity index (χ2n) is 3.31. The van der Waals surface area contributed by atoms with Crippen molar-refractivity contribution in [3.8, 4) is 5.75 Å². The number of hydrogen-bond donors (Lipinski definition) is 2. The summed E-state index contributed by atoms with van der Waals surface area (Å²) >= 11 is 4.32. The largest absolute Gasteiger partial charge is 0.505 e. The van der Waals surface area contributed by atoms with Crippen molar-refractivity contribution >= 4 is 45.2 Å². The van der Waals surface area contributed by atoms with E-state index in [1.54, 1.807) is 0 Å². The maximum atomic E-state index is 9.87. The fourth-order valence-electron chi connectivity index (χ4n) is 1.66. The van der Waals surface area contributed by atoms with Gasteiger partial charge in [-0.15, -0.1) is 0 Å². The zero-order valence-electron chi connectivity index (χ0n) is 7.43. The molecule has 1 atom stereocenters. The highest BCUT2D eigenvalue weighted by Crippen LogP contribution is 2.32. The van der Waals surface area contributed by atoms with Crippen LogP contribution >= 0.6 is 45.2 Å². The van der Waals surface area contributed by atoms with Gasteiger partial charge in [0.2, 0.25) is 0 Å². The quantitative estimate of drug-likeness (QED) is 0.547. The summed E-state index contributed by atoms with van der Waals surface area (Å²) < 4.78 is 1.82. The lowest BCUT2D eigenvalue weighted by molar-refractivity contribution is 0.446. The smallest absolute Gasteiger partial charge is 0.152 e. The molecule has 1 aromatic heterocycles. The van der Waals surface area contributed by atoms with Crippen molar-refractivity contribution in [1.82, 2.24) is 10.3 Å². The molecule has 1 fully saturated rings. The number of aromatic hydroxyl groups is 1. The molecule has 1 aliphatic heterocycles. The van der Waals surface area contributed by atoms with Crippen LogP contribution in [0.1, 0.15) is 24.6 Å². The summed E-state index contributed by atoms with van der Waals surface area (Å²) in [4.78, 5) is 4.38. The summed E-state index contributed by atoms with van der Waals surface area (Å²) in [5, 5.41) is 13.2. The topological polar surface area (TPSA) is 45.2 Å². The molecule has 0 amide bonds. The van der Waals surface area contributed by atoms with Gasteiger partial charge in [0.15, 0.2) is 5.75 Å². The van der Waals surface area contributed by atoms with E-state index in [0.717, 1.165) is 32.4 Å². The molecular weight excluding hydrogens is 406 g/mol. The second kappa shape index (κ2) is 4.48. The SMILES string of the molecule is Oc1c(I)cc(I)nc1[C@H]1CCCN1. The average Bonchev–Trinajstić information content (AvgIpc) is 2.63. The molecule has 76 valence electrons. The van der Waals surface area contributed by atoms with E-state index >= 15 is 0 Å². The number of nitrogens with one attached hydrogen (secondary N) is 1. The maximum Gasteiger partial charge on any atom is 0.152 e. The molecule has 1 aromatic rings. The fraction of sp³-hybridized carbons (Fsp3) is 0.444. The van der Waals surface area contributed by atoms with E-state index < -0.39 is 0 Å². The first kappa shape index (κ1) is 10.9. The lowest BCUT2D eigenvalue weighted by atomic mass is 10.1. The number of aromatic nitrogens is 1. The summed E-state index contributed by atoms with van der Waals surface area (Å²) in [6.45, 7) is 1.02. The number of nitrogens with zero attached hydrogens (tertiary/aromatic N) is 1. The molecular formula is C9H10I2N2O. The summed E-state index contributed by atoms with van der Waals surface area (Å²) in [7, 11) is 0. The number of pyridine rings is 1. The predicted molar refractivity (Wildman–Crippen MR) is 71.3 cm³/mol. The lowest BCUT2D eigenvalue weighted by Gasteiger charge is -2.12. The van der Waals surface area contributed by atoms with E-state index in [1.165, 1.54) is 0 Å². The molecule has 1 saturated heterocycles. The number of halogens is 2. The number of rotatable bonds is 1. The molecule has 2 rings (SSSR count). The van der Waals surface area contributed by atoms with Crippen molar-refractivity contribution in [2.24, 2.45) is 0 Å². The minimum atomic E-state index is 0.234. The van der Waals surface area contributed by atoms with Crippen molar-refractivity contribution in [3.05, 3.63) is 19.0 Å². The Morgan fingerprint density at radius 1 is 1.50 bits per heavy atom. The van der Waals surface area contributed by atoms with Crippen molar-refractivity contribution in [2.45, 2.75) is 18.9 Å². The van der Waals surface area contributed by atoms with Crippen LogP contribution in [-0.4, -0.2) is 16.6 Å². The Kier molecular flexibility index (Phi) is 3.48. The normalized spacial score (nSPS) is 21.4. The molecule has 5 heteroatoms. The summed E-state index contributed by atoms with van der Waals surface area (Å²) in [5.41, 5.74) is 0.804. The highest BCUT2D eigenvalue weighted by Gasteiger charge is 2.22. The fourth-order valence-corrected chi connectivity index (χ4v) is 3.39. The third-order valence-corrected chi connectivity index (χ3v) is 3.71. The van der Waals surface area contributed by atoms with Crippen LogP contribution in [0.4, 0.5) is 0 Å². The molecule has 0 aromatic carbocycles. The molecule has 1 aliphatic rings. The van der Waals surface area contributed by atoms with Gasteiger partial charge in [-0.1, -0.05) is 0 Å². The minimum Gasteiger partial charge on any atom is -0.505 e. The van der Waals surface area contributed by atoms with Crippen LogP contribution in [-0.2, 0) is 0 Å². The van der Waals surface area contributed by atoms with Gasteiger partial charge >= 0.3 is 0 Å². The van der Waals surface area contributed by atoms with Gasteiger partial charge < -0.3 is 10.4 Å². The predicted octanol–water partition coefficient (Wildman–Crippen LogP) is 2.42. The van der Waals surface area contributed by atoms with Crippen LogP contribution in [0, 0.1) is 7.27 Å². The Morgan fingerprint density at radius 2 is 2.29 bits per heavy atom. The van der Waals surface area contributed by atoms with Crippen molar-refractivity contribution < 1.29 is 5.11 Å². The van der Waals surface area contributed by atoms with E-state index in [1.807, 2.05) is 6.07 Å². The monoisotopic (exact) mass is 416 g/mol. The third kappa shape index (κ3) is 2.13. The van der Waals surface area contributed by atoms with Crippen molar-refractivity contribution in [2.75, 3.05) is 6.54 Å². The van der Waals surface area contributed by atoms with Gasteiger partial charge in [0, 0.05) is 0 Å². The molecule has 0 unspecified atom stereocenters. The molecule has 0 spiro atoms. The molecule has 0 radical (unpaired) electrons. The van der Waals surface area contributed by atoms with Gasteiger partial charge in [-0.2, -0.15) is 0 Å². The van der Waals surface area contributed by atoms with Crippen molar-refractivity contribution in [1.29, 1.82) is 0 Å². The van der Waals surface area contributed by atoms with E-state index in [2.05, 4.69) is 55.5 Å². The van der Waals surface area contributed by atoms with Crippen LogP contribution in [0.2, 0.25) is 0 Å². The Bertz CT molecular complexity index is 351. The highest BCUT2D eigenvalue weighted by atomic mass is 127. The third-order valence-electron chi connectivity index (χ3n) is 2.33. The Balaban J connectivity index is 2.40. The van der Waals surface area contributed by atoms with Crippen LogP contribution in [0.15, 0.2) is 6.07 Å². The van der Waals surface area contributed by atoms with Crippen molar-refractivity contribution in [3.63, 3.8) is 0 Å². The standard InChI is InChI=1S/C9H10I2N2O/c10-5-4-7(11)13-8(9(5)14)6-2-1-3-12-6/h4,6,12,14H,1-3H2/t6-/m1/s1. The zero-order chi connectivity index (χ0) is 10.1. The molecule has 2 heterocycles. The first-order chi connectivity index (χ1) is 6.68.